The maximum absolute atomic E-state index is 13.3. The number of ether oxygens (including phenoxy) is 1. The van der Waals surface area contributed by atoms with Gasteiger partial charge in [0.1, 0.15) is 5.60 Å². The molecular formula is C25H30N4O3. The summed E-state index contributed by atoms with van der Waals surface area (Å²) >= 11 is 0. The van der Waals surface area contributed by atoms with E-state index in [0.29, 0.717) is 11.5 Å². The zero-order valence-electron chi connectivity index (χ0n) is 19.7. The summed E-state index contributed by atoms with van der Waals surface area (Å²) in [6.07, 6.45) is 0. The van der Waals surface area contributed by atoms with E-state index < -0.39 is 11.6 Å². The largest absolute Gasteiger partial charge is 0.455 e. The van der Waals surface area contributed by atoms with Crippen LogP contribution in [0, 0.1) is 13.8 Å². The first-order valence-corrected chi connectivity index (χ1v) is 10.5. The van der Waals surface area contributed by atoms with Gasteiger partial charge in [0.15, 0.2) is 11.5 Å². The van der Waals surface area contributed by atoms with Crippen molar-refractivity contribution in [3.63, 3.8) is 0 Å². The van der Waals surface area contributed by atoms with Crippen molar-refractivity contribution < 1.29 is 14.3 Å². The van der Waals surface area contributed by atoms with Gasteiger partial charge in [-0.2, -0.15) is 4.98 Å². The Hall–Kier alpha value is -3.61. The first kappa shape index (κ1) is 23.1. The minimum absolute atomic E-state index is 0.148. The van der Waals surface area contributed by atoms with Crippen molar-refractivity contribution in [2.75, 3.05) is 24.3 Å². The number of hydrogen-bond donors (Lipinski definition) is 1. The van der Waals surface area contributed by atoms with Gasteiger partial charge in [0.05, 0.1) is 0 Å². The van der Waals surface area contributed by atoms with Gasteiger partial charge in [-0.15, -0.1) is 0 Å². The average molecular weight is 435 g/mol. The molecule has 0 atom stereocenters. The van der Waals surface area contributed by atoms with E-state index in [4.69, 9.17) is 4.74 Å². The second-order valence-corrected chi connectivity index (χ2v) is 8.93. The van der Waals surface area contributed by atoms with Crippen LogP contribution in [0.5, 0.6) is 0 Å². The Kier molecular flexibility index (Phi) is 6.39. The van der Waals surface area contributed by atoms with Crippen LogP contribution >= 0.6 is 0 Å². The fourth-order valence-electron chi connectivity index (χ4n) is 3.19. The Morgan fingerprint density at radius 3 is 2.22 bits per heavy atom. The second-order valence-electron chi connectivity index (χ2n) is 8.93. The highest BCUT2D eigenvalue weighted by atomic mass is 16.6. The Morgan fingerprint density at radius 1 is 1.00 bits per heavy atom. The van der Waals surface area contributed by atoms with Gasteiger partial charge in [-0.1, -0.05) is 24.3 Å². The number of rotatable bonds is 5. The average Bonchev–Trinajstić information content (AvgIpc) is 3.09. The van der Waals surface area contributed by atoms with Crippen molar-refractivity contribution in [3.05, 3.63) is 70.9 Å². The lowest BCUT2D eigenvalue weighted by Gasteiger charge is -2.21. The molecule has 2 aromatic carbocycles. The number of esters is 1. The molecule has 0 fully saturated rings. The van der Waals surface area contributed by atoms with Gasteiger partial charge in [0.25, 0.3) is 5.91 Å². The molecule has 32 heavy (non-hydrogen) atoms. The number of nitrogens with zero attached hydrogens (tertiary/aromatic N) is 3. The molecule has 7 nitrogen and oxygen atoms in total. The fourth-order valence-corrected chi connectivity index (χ4v) is 3.19. The van der Waals surface area contributed by atoms with Gasteiger partial charge < -0.3 is 15.0 Å². The number of hydrogen-bond acceptors (Lipinski definition) is 5. The maximum atomic E-state index is 13.3. The quantitative estimate of drug-likeness (QED) is 0.586. The van der Waals surface area contributed by atoms with Gasteiger partial charge >= 0.3 is 5.97 Å². The lowest BCUT2D eigenvalue weighted by molar-refractivity contribution is 0.00619. The number of aryl methyl sites for hydroxylation is 2. The minimum atomic E-state index is -0.712. The summed E-state index contributed by atoms with van der Waals surface area (Å²) in [5.74, 6) is -0.277. The van der Waals surface area contributed by atoms with E-state index in [-0.39, 0.29) is 17.4 Å². The summed E-state index contributed by atoms with van der Waals surface area (Å²) < 4.78 is 7.37. The molecule has 0 aliphatic rings. The van der Waals surface area contributed by atoms with E-state index in [0.717, 1.165) is 16.8 Å². The van der Waals surface area contributed by atoms with Crippen molar-refractivity contribution in [2.45, 2.75) is 40.2 Å². The molecule has 1 N–H and O–H groups in total. The Bertz CT molecular complexity index is 1140. The van der Waals surface area contributed by atoms with Crippen LogP contribution in [0.1, 0.15) is 52.7 Å². The Morgan fingerprint density at radius 2 is 1.66 bits per heavy atom. The predicted molar refractivity (Wildman–Crippen MR) is 127 cm³/mol. The smallest absolute Gasteiger partial charge is 0.359 e. The predicted octanol–water partition coefficient (Wildman–Crippen LogP) is 4.76. The summed E-state index contributed by atoms with van der Waals surface area (Å²) in [6.45, 7) is 9.34. The molecule has 0 aliphatic heterocycles. The third kappa shape index (κ3) is 4.99. The second kappa shape index (κ2) is 8.86. The van der Waals surface area contributed by atoms with Crippen molar-refractivity contribution in [3.8, 4) is 5.69 Å². The lowest BCUT2D eigenvalue weighted by atomic mass is 10.1. The molecule has 1 amide bonds. The maximum Gasteiger partial charge on any atom is 0.359 e. The monoisotopic (exact) mass is 434 g/mol. The molecule has 0 bridgehead atoms. The number of aromatic nitrogens is 2. The van der Waals surface area contributed by atoms with Gasteiger partial charge in [0, 0.05) is 25.3 Å². The van der Waals surface area contributed by atoms with E-state index in [9.17, 15) is 9.59 Å². The molecular weight excluding hydrogens is 404 g/mol. The Balaban J connectivity index is 2.15. The van der Waals surface area contributed by atoms with Crippen LogP contribution < -0.4 is 10.2 Å². The third-order valence-electron chi connectivity index (χ3n) is 4.87. The number of nitrogens with one attached hydrogen (secondary N) is 1. The molecule has 0 unspecified atom stereocenters. The molecule has 168 valence electrons. The standard InChI is InChI=1S/C25H30N4O3/c1-16-13-14-18(15-17(16)2)22(30)26-21-20(23(31)32-25(3,4)5)29(24(27-21)28(6)7)19-11-9-8-10-12-19/h8-15H,1-7H3,(H,26,30). The van der Waals surface area contributed by atoms with E-state index in [1.807, 2.05) is 70.4 Å². The number of imidazole rings is 1. The molecule has 0 saturated heterocycles. The highest BCUT2D eigenvalue weighted by molar-refractivity contribution is 6.07. The van der Waals surface area contributed by atoms with E-state index in [1.165, 1.54) is 0 Å². The molecule has 0 radical (unpaired) electrons. The molecule has 0 spiro atoms. The summed E-state index contributed by atoms with van der Waals surface area (Å²) in [6, 6.07) is 14.9. The Labute approximate surface area is 189 Å². The third-order valence-corrected chi connectivity index (χ3v) is 4.87. The van der Waals surface area contributed by atoms with Gasteiger partial charge in [-0.25, -0.2) is 4.79 Å². The van der Waals surface area contributed by atoms with Gasteiger partial charge in [0.2, 0.25) is 5.95 Å². The minimum Gasteiger partial charge on any atom is -0.455 e. The lowest BCUT2D eigenvalue weighted by Crippen LogP contribution is -2.27. The number of carbonyl (C=O) groups is 2. The SMILES string of the molecule is Cc1ccc(C(=O)Nc2nc(N(C)C)n(-c3ccccc3)c2C(=O)OC(C)(C)C)cc1C. The summed E-state index contributed by atoms with van der Waals surface area (Å²) in [4.78, 5) is 32.7. The summed E-state index contributed by atoms with van der Waals surface area (Å²) in [5.41, 5.74) is 2.77. The zero-order chi connectivity index (χ0) is 23.6. The number of amides is 1. The normalized spacial score (nSPS) is 11.2. The highest BCUT2D eigenvalue weighted by Crippen LogP contribution is 2.29. The molecule has 3 aromatic rings. The number of anilines is 2. The molecule has 0 saturated carbocycles. The van der Waals surface area contributed by atoms with Crippen LogP contribution in [0.4, 0.5) is 11.8 Å². The van der Waals surface area contributed by atoms with Gasteiger partial charge in [-0.05, 0) is 70.0 Å². The molecule has 7 heteroatoms. The van der Waals surface area contributed by atoms with E-state index >= 15 is 0 Å². The van der Waals surface area contributed by atoms with Crippen LogP contribution in [0.25, 0.3) is 5.69 Å². The van der Waals surface area contributed by atoms with E-state index in [1.54, 1.807) is 36.3 Å². The van der Waals surface area contributed by atoms with E-state index in [2.05, 4.69) is 10.3 Å². The molecule has 3 rings (SSSR count). The molecule has 1 heterocycles. The molecule has 1 aromatic heterocycles. The van der Waals surface area contributed by atoms with Crippen LogP contribution in [-0.4, -0.2) is 41.1 Å². The summed E-state index contributed by atoms with van der Waals surface area (Å²) in [7, 11) is 3.66. The van der Waals surface area contributed by atoms with Gasteiger partial charge in [-0.3, -0.25) is 9.36 Å². The summed E-state index contributed by atoms with van der Waals surface area (Å²) in [5, 5.41) is 2.83. The van der Waals surface area contributed by atoms with Crippen LogP contribution in [0.15, 0.2) is 48.5 Å². The van der Waals surface area contributed by atoms with Crippen molar-refractivity contribution in [1.29, 1.82) is 0 Å². The van der Waals surface area contributed by atoms with Crippen LogP contribution in [-0.2, 0) is 4.74 Å². The van der Waals surface area contributed by atoms with Crippen LogP contribution in [0.2, 0.25) is 0 Å². The zero-order valence-corrected chi connectivity index (χ0v) is 19.7. The van der Waals surface area contributed by atoms with Crippen molar-refractivity contribution in [1.82, 2.24) is 9.55 Å². The first-order chi connectivity index (χ1) is 15.0. The molecule has 0 aliphatic carbocycles. The number of carbonyl (C=O) groups excluding carboxylic acids is 2. The highest BCUT2D eigenvalue weighted by Gasteiger charge is 2.30. The number of para-hydroxylation sites is 1. The van der Waals surface area contributed by atoms with Crippen molar-refractivity contribution in [2.24, 2.45) is 0 Å². The first-order valence-electron chi connectivity index (χ1n) is 10.5. The van der Waals surface area contributed by atoms with Crippen molar-refractivity contribution >= 4 is 23.6 Å². The number of benzene rings is 2. The topological polar surface area (TPSA) is 76.5 Å². The fraction of sp³-hybridized carbons (Fsp3) is 0.320. The van der Waals surface area contributed by atoms with Crippen LogP contribution in [0.3, 0.4) is 0 Å².